The molecule has 1 fully saturated rings. The molecular formula is C18H19ClN4O5S. The van der Waals surface area contributed by atoms with Crippen molar-refractivity contribution in [2.75, 3.05) is 19.5 Å². The number of ether oxygens (including phenoxy) is 3. The first kappa shape index (κ1) is 20.0. The van der Waals surface area contributed by atoms with Crippen LogP contribution in [-0.2, 0) is 19.3 Å². The molecule has 0 unspecified atom stereocenters. The van der Waals surface area contributed by atoms with Crippen LogP contribution < -0.4 is 4.74 Å². The number of H-pyrrole nitrogens is 1. The fourth-order valence-corrected chi connectivity index (χ4v) is 3.75. The van der Waals surface area contributed by atoms with Crippen molar-refractivity contribution in [2.24, 2.45) is 0 Å². The molecule has 3 heterocycles. The molecule has 1 aliphatic rings. The summed E-state index contributed by atoms with van der Waals surface area (Å²) in [6.45, 7) is 4.08. The van der Waals surface area contributed by atoms with E-state index in [1.165, 1.54) is 0 Å². The fraction of sp³-hybridized carbons (Fsp3) is 0.389. The van der Waals surface area contributed by atoms with Crippen LogP contribution in [-0.4, -0.2) is 59.9 Å². The molecule has 154 valence electrons. The Morgan fingerprint density at radius 2 is 2.07 bits per heavy atom. The van der Waals surface area contributed by atoms with Crippen LogP contribution in [0.4, 0.5) is 0 Å². The van der Waals surface area contributed by atoms with Gasteiger partial charge in [0.2, 0.25) is 15.7 Å². The number of sulfone groups is 1. The van der Waals surface area contributed by atoms with Gasteiger partial charge in [-0.05, 0) is 19.9 Å². The average Bonchev–Trinajstić information content (AvgIpc) is 3.22. The Morgan fingerprint density at radius 1 is 1.31 bits per heavy atom. The van der Waals surface area contributed by atoms with E-state index in [2.05, 4.69) is 20.2 Å². The van der Waals surface area contributed by atoms with E-state index in [1.807, 2.05) is 19.9 Å². The molecule has 0 saturated carbocycles. The number of halogens is 1. The molecule has 4 rings (SSSR count). The smallest absolute Gasteiger partial charge is 0.252 e. The minimum atomic E-state index is -3.67. The second-order valence-corrected chi connectivity index (χ2v) is 9.44. The summed E-state index contributed by atoms with van der Waals surface area (Å²) < 4.78 is 41.2. The van der Waals surface area contributed by atoms with Gasteiger partial charge in [-0.25, -0.2) is 8.42 Å². The van der Waals surface area contributed by atoms with Crippen molar-refractivity contribution in [3.63, 3.8) is 0 Å². The van der Waals surface area contributed by atoms with Crippen molar-refractivity contribution in [2.45, 2.75) is 30.9 Å². The second-order valence-electron chi connectivity index (χ2n) is 7.12. The first-order valence-corrected chi connectivity index (χ1v) is 11.1. The van der Waals surface area contributed by atoms with Crippen LogP contribution in [0.2, 0.25) is 5.02 Å². The molecular weight excluding hydrogens is 420 g/mol. The highest BCUT2D eigenvalue weighted by molar-refractivity contribution is 7.90. The number of hydrogen-bond acceptors (Lipinski definition) is 8. The van der Waals surface area contributed by atoms with Gasteiger partial charge in [-0.3, -0.25) is 5.10 Å². The average molecular weight is 439 g/mol. The van der Waals surface area contributed by atoms with Crippen LogP contribution in [0.1, 0.15) is 13.8 Å². The molecule has 0 aliphatic carbocycles. The van der Waals surface area contributed by atoms with Gasteiger partial charge in [-0.15, -0.1) is 0 Å². The van der Waals surface area contributed by atoms with E-state index < -0.39 is 15.6 Å². The van der Waals surface area contributed by atoms with Gasteiger partial charge in [-0.2, -0.15) is 15.1 Å². The lowest BCUT2D eigenvalue weighted by molar-refractivity contribution is -0.141. The number of aromatic amines is 1. The summed E-state index contributed by atoms with van der Waals surface area (Å²) in [7, 11) is -3.67. The van der Waals surface area contributed by atoms with E-state index in [9.17, 15) is 8.42 Å². The zero-order valence-electron chi connectivity index (χ0n) is 16.0. The van der Waals surface area contributed by atoms with Crippen molar-refractivity contribution < 1.29 is 22.6 Å². The standard InChI is InChI=1S/C18H19ClN4O5S/c1-18(2)27-9-10(28-18)8-26-16-13-14(11-6-4-5-7-12(11)19)22-23-15(13)20-17(21-16)29(3,24)25/h4-7,10H,8-9H2,1-3H3,(H,20,21,22,23)/t10-/m0/s1. The first-order valence-electron chi connectivity index (χ1n) is 8.80. The lowest BCUT2D eigenvalue weighted by atomic mass is 10.1. The number of fused-ring (bicyclic) bond motifs is 1. The van der Waals surface area contributed by atoms with Gasteiger partial charge in [-0.1, -0.05) is 29.8 Å². The van der Waals surface area contributed by atoms with Crippen molar-refractivity contribution in [1.29, 1.82) is 0 Å². The Kier molecular flexibility index (Phi) is 4.97. The minimum Gasteiger partial charge on any atom is -0.474 e. The Hall–Kier alpha value is -2.27. The first-order chi connectivity index (χ1) is 13.6. The van der Waals surface area contributed by atoms with Crippen molar-refractivity contribution in [3.05, 3.63) is 29.3 Å². The second kappa shape index (κ2) is 7.21. The highest BCUT2D eigenvalue weighted by Gasteiger charge is 2.33. The Morgan fingerprint density at radius 3 is 2.72 bits per heavy atom. The highest BCUT2D eigenvalue weighted by Crippen LogP contribution is 2.36. The molecule has 1 N–H and O–H groups in total. The van der Waals surface area contributed by atoms with Crippen LogP contribution in [0, 0.1) is 0 Å². The van der Waals surface area contributed by atoms with Gasteiger partial charge in [0.25, 0.3) is 5.16 Å². The van der Waals surface area contributed by atoms with E-state index in [-0.39, 0.29) is 29.4 Å². The predicted molar refractivity (Wildman–Crippen MR) is 106 cm³/mol. The molecule has 0 amide bonds. The van der Waals surface area contributed by atoms with Crippen molar-refractivity contribution in [1.82, 2.24) is 20.2 Å². The number of aromatic nitrogens is 4. The number of nitrogens with zero attached hydrogens (tertiary/aromatic N) is 3. The van der Waals surface area contributed by atoms with Crippen LogP contribution in [0.15, 0.2) is 29.4 Å². The van der Waals surface area contributed by atoms with Crippen molar-refractivity contribution >= 4 is 32.5 Å². The number of nitrogens with one attached hydrogen (secondary N) is 1. The lowest BCUT2D eigenvalue weighted by Crippen LogP contribution is -2.25. The maximum absolute atomic E-state index is 12.0. The maximum atomic E-state index is 12.0. The van der Waals surface area contributed by atoms with Crippen LogP contribution in [0.25, 0.3) is 22.3 Å². The molecule has 9 nitrogen and oxygen atoms in total. The summed E-state index contributed by atoms with van der Waals surface area (Å²) in [6.07, 6.45) is 0.697. The summed E-state index contributed by atoms with van der Waals surface area (Å²) >= 11 is 6.32. The van der Waals surface area contributed by atoms with E-state index in [0.29, 0.717) is 28.3 Å². The van der Waals surface area contributed by atoms with Crippen molar-refractivity contribution in [3.8, 4) is 17.1 Å². The van der Waals surface area contributed by atoms with Crippen LogP contribution in [0.3, 0.4) is 0 Å². The fourth-order valence-electron chi connectivity index (χ4n) is 3.02. The topological polar surface area (TPSA) is 116 Å². The van der Waals surface area contributed by atoms with Gasteiger partial charge < -0.3 is 14.2 Å². The quantitative estimate of drug-likeness (QED) is 0.604. The SMILES string of the molecule is CC1(C)OC[C@H](COc2nc(S(C)(=O)=O)nc3n[nH]c(-c4ccccc4Cl)c23)O1. The third-order valence-electron chi connectivity index (χ3n) is 4.31. The summed E-state index contributed by atoms with van der Waals surface area (Å²) in [6, 6.07) is 7.17. The summed E-state index contributed by atoms with van der Waals surface area (Å²) in [5.41, 5.74) is 1.36. The lowest BCUT2D eigenvalue weighted by Gasteiger charge is -2.17. The summed E-state index contributed by atoms with van der Waals surface area (Å²) in [5, 5.41) is 7.55. The third kappa shape index (κ3) is 4.06. The summed E-state index contributed by atoms with van der Waals surface area (Å²) in [5.74, 6) is -0.627. The summed E-state index contributed by atoms with van der Waals surface area (Å²) in [4.78, 5) is 8.20. The van der Waals surface area contributed by atoms with E-state index >= 15 is 0 Å². The Labute approximate surface area is 172 Å². The van der Waals surface area contributed by atoms with E-state index in [1.54, 1.807) is 18.2 Å². The molecule has 1 aliphatic heterocycles. The zero-order valence-corrected chi connectivity index (χ0v) is 17.5. The molecule has 0 spiro atoms. The minimum absolute atomic E-state index is 0.0763. The molecule has 1 saturated heterocycles. The number of benzene rings is 1. The molecule has 11 heteroatoms. The van der Waals surface area contributed by atoms with Crippen LogP contribution in [0.5, 0.6) is 5.88 Å². The van der Waals surface area contributed by atoms with Gasteiger partial charge >= 0.3 is 0 Å². The van der Waals surface area contributed by atoms with E-state index in [4.69, 9.17) is 25.8 Å². The molecule has 29 heavy (non-hydrogen) atoms. The van der Waals surface area contributed by atoms with Gasteiger partial charge in [0.15, 0.2) is 11.4 Å². The van der Waals surface area contributed by atoms with Gasteiger partial charge in [0.05, 0.1) is 12.3 Å². The van der Waals surface area contributed by atoms with Gasteiger partial charge in [0, 0.05) is 16.8 Å². The predicted octanol–water partition coefficient (Wildman–Crippen LogP) is 2.61. The molecule has 1 aromatic carbocycles. The number of rotatable bonds is 5. The zero-order chi connectivity index (χ0) is 20.8. The monoisotopic (exact) mass is 438 g/mol. The highest BCUT2D eigenvalue weighted by atomic mass is 35.5. The molecule has 0 bridgehead atoms. The maximum Gasteiger partial charge on any atom is 0.252 e. The molecule has 3 aromatic rings. The Bertz CT molecular complexity index is 1180. The van der Waals surface area contributed by atoms with Crippen LogP contribution >= 0.6 is 11.6 Å². The molecule has 2 aromatic heterocycles. The molecule has 1 atom stereocenters. The molecule has 0 radical (unpaired) electrons. The third-order valence-corrected chi connectivity index (χ3v) is 5.48. The Balaban J connectivity index is 1.79. The largest absolute Gasteiger partial charge is 0.474 e. The normalized spacial score (nSPS) is 19.0. The van der Waals surface area contributed by atoms with Gasteiger partial charge in [0.1, 0.15) is 18.1 Å². The van der Waals surface area contributed by atoms with E-state index in [0.717, 1.165) is 6.26 Å². The number of hydrogen-bond donors (Lipinski definition) is 1.